The highest BCUT2D eigenvalue weighted by atomic mass is 79.9. The zero-order valence-corrected chi connectivity index (χ0v) is 13.7. The number of hydrogen-bond acceptors (Lipinski definition) is 2. The van der Waals surface area contributed by atoms with Gasteiger partial charge in [-0.3, -0.25) is 0 Å². The van der Waals surface area contributed by atoms with Gasteiger partial charge in [-0.15, -0.1) is 0 Å². The van der Waals surface area contributed by atoms with E-state index < -0.39 is 0 Å². The van der Waals surface area contributed by atoms with Gasteiger partial charge < -0.3 is 10.1 Å². The van der Waals surface area contributed by atoms with Crippen molar-refractivity contribution in [3.63, 3.8) is 0 Å². The van der Waals surface area contributed by atoms with Crippen molar-refractivity contribution in [2.24, 2.45) is 5.92 Å². The van der Waals surface area contributed by atoms with E-state index in [9.17, 15) is 0 Å². The van der Waals surface area contributed by atoms with Crippen LogP contribution in [0.1, 0.15) is 39.2 Å². The first kappa shape index (κ1) is 14.9. The topological polar surface area (TPSA) is 21.3 Å². The molecule has 0 aliphatic carbocycles. The highest BCUT2D eigenvalue weighted by Gasteiger charge is 2.17. The van der Waals surface area contributed by atoms with Crippen LogP contribution in [0.2, 0.25) is 0 Å². The summed E-state index contributed by atoms with van der Waals surface area (Å²) in [4.78, 5) is 0. The molecule has 0 radical (unpaired) electrons. The summed E-state index contributed by atoms with van der Waals surface area (Å²) in [5, 5.41) is 3.42. The summed E-state index contributed by atoms with van der Waals surface area (Å²) in [7, 11) is 0. The molecule has 0 aromatic heterocycles. The number of nitrogens with one attached hydrogen (secondary N) is 1. The quantitative estimate of drug-likeness (QED) is 0.902. The molecule has 1 aliphatic heterocycles. The van der Waals surface area contributed by atoms with Crippen LogP contribution in [0.4, 0.5) is 0 Å². The molecule has 1 N–H and O–H groups in total. The van der Waals surface area contributed by atoms with Crippen LogP contribution in [0.5, 0.6) is 5.75 Å². The Labute approximate surface area is 125 Å². The molecule has 0 spiro atoms. The second-order valence-corrected chi connectivity index (χ2v) is 7.27. The van der Waals surface area contributed by atoms with Gasteiger partial charge in [0.2, 0.25) is 0 Å². The van der Waals surface area contributed by atoms with Crippen molar-refractivity contribution in [3.8, 4) is 5.75 Å². The minimum absolute atomic E-state index is 0.175. The summed E-state index contributed by atoms with van der Waals surface area (Å²) in [6.45, 7) is 9.72. The van der Waals surface area contributed by atoms with E-state index in [0.717, 1.165) is 29.9 Å². The Bertz CT molecular complexity index is 419. The monoisotopic (exact) mass is 325 g/mol. The lowest BCUT2D eigenvalue weighted by Crippen LogP contribution is -2.33. The maximum atomic E-state index is 5.96. The Morgan fingerprint density at radius 3 is 2.74 bits per heavy atom. The van der Waals surface area contributed by atoms with E-state index in [1.165, 1.54) is 18.4 Å². The fourth-order valence-corrected chi connectivity index (χ4v) is 2.85. The van der Waals surface area contributed by atoms with Crippen LogP contribution in [-0.2, 0) is 5.41 Å². The van der Waals surface area contributed by atoms with Crippen molar-refractivity contribution in [1.82, 2.24) is 5.32 Å². The standard InChI is InChI=1S/C16H24BrNO/c1-16(2,3)13-6-7-15(14(17)9-13)19-11-12-5-4-8-18-10-12/h6-7,9,12,18H,4-5,8,10-11H2,1-3H3/t12-/m1/s1. The molecule has 0 saturated carbocycles. The van der Waals surface area contributed by atoms with Crippen LogP contribution < -0.4 is 10.1 Å². The average molecular weight is 326 g/mol. The van der Waals surface area contributed by atoms with Gasteiger partial charge in [0.25, 0.3) is 0 Å². The molecule has 0 amide bonds. The lowest BCUT2D eigenvalue weighted by atomic mass is 9.87. The van der Waals surface area contributed by atoms with Gasteiger partial charge in [-0.25, -0.2) is 0 Å². The summed E-state index contributed by atoms with van der Waals surface area (Å²) >= 11 is 3.62. The van der Waals surface area contributed by atoms with E-state index in [2.05, 4.69) is 60.2 Å². The normalized spacial score (nSPS) is 20.3. The third-order valence-corrected chi connectivity index (χ3v) is 4.29. The Kier molecular flexibility index (Phi) is 4.91. The smallest absolute Gasteiger partial charge is 0.133 e. The predicted molar refractivity (Wildman–Crippen MR) is 83.9 cm³/mol. The third kappa shape index (κ3) is 4.22. The second-order valence-electron chi connectivity index (χ2n) is 6.42. The fourth-order valence-electron chi connectivity index (χ4n) is 2.36. The Morgan fingerprint density at radius 2 is 2.16 bits per heavy atom. The summed E-state index contributed by atoms with van der Waals surface area (Å²) in [5.41, 5.74) is 1.50. The Hall–Kier alpha value is -0.540. The molecule has 1 heterocycles. The molecule has 0 unspecified atom stereocenters. The number of hydrogen-bond donors (Lipinski definition) is 1. The van der Waals surface area contributed by atoms with Crippen molar-refractivity contribution in [2.45, 2.75) is 39.0 Å². The van der Waals surface area contributed by atoms with Gasteiger partial charge in [0.15, 0.2) is 0 Å². The van der Waals surface area contributed by atoms with E-state index in [-0.39, 0.29) is 5.41 Å². The van der Waals surface area contributed by atoms with E-state index in [4.69, 9.17) is 4.74 Å². The molecule has 1 fully saturated rings. The molecular weight excluding hydrogens is 302 g/mol. The fraction of sp³-hybridized carbons (Fsp3) is 0.625. The number of ether oxygens (including phenoxy) is 1. The maximum Gasteiger partial charge on any atom is 0.133 e. The number of piperidine rings is 1. The molecule has 3 heteroatoms. The first-order chi connectivity index (χ1) is 8.97. The molecule has 2 nitrogen and oxygen atoms in total. The number of rotatable bonds is 3. The zero-order chi connectivity index (χ0) is 13.9. The Morgan fingerprint density at radius 1 is 1.37 bits per heavy atom. The molecule has 1 atom stereocenters. The van der Waals surface area contributed by atoms with Gasteiger partial charge >= 0.3 is 0 Å². The SMILES string of the molecule is CC(C)(C)c1ccc(OC[C@@H]2CCCNC2)c(Br)c1. The van der Waals surface area contributed by atoms with Crippen molar-refractivity contribution in [1.29, 1.82) is 0 Å². The lowest BCUT2D eigenvalue weighted by molar-refractivity contribution is 0.217. The first-order valence-corrected chi connectivity index (χ1v) is 7.89. The first-order valence-electron chi connectivity index (χ1n) is 7.10. The van der Waals surface area contributed by atoms with Gasteiger partial charge in [-0.1, -0.05) is 26.8 Å². The minimum Gasteiger partial charge on any atom is -0.492 e. The van der Waals surface area contributed by atoms with Crippen molar-refractivity contribution in [2.75, 3.05) is 19.7 Å². The summed E-state index contributed by atoms with van der Waals surface area (Å²) in [6, 6.07) is 6.43. The second kappa shape index (κ2) is 6.27. The molecule has 0 bridgehead atoms. The lowest BCUT2D eigenvalue weighted by Gasteiger charge is -2.24. The molecule has 2 rings (SSSR count). The van der Waals surface area contributed by atoms with Gasteiger partial charge in [0, 0.05) is 12.5 Å². The van der Waals surface area contributed by atoms with E-state index >= 15 is 0 Å². The Balaban J connectivity index is 1.97. The van der Waals surface area contributed by atoms with Gasteiger partial charge in [0.05, 0.1) is 11.1 Å². The van der Waals surface area contributed by atoms with Crippen LogP contribution in [0.25, 0.3) is 0 Å². The molecule has 1 saturated heterocycles. The van der Waals surface area contributed by atoms with Gasteiger partial charge in [-0.2, -0.15) is 0 Å². The van der Waals surface area contributed by atoms with E-state index in [1.807, 2.05) is 0 Å². The van der Waals surface area contributed by atoms with Crippen molar-refractivity contribution < 1.29 is 4.74 Å². The van der Waals surface area contributed by atoms with Crippen LogP contribution in [0.3, 0.4) is 0 Å². The highest BCUT2D eigenvalue weighted by molar-refractivity contribution is 9.10. The average Bonchev–Trinajstić information content (AvgIpc) is 2.37. The van der Waals surface area contributed by atoms with Crippen LogP contribution in [-0.4, -0.2) is 19.7 Å². The van der Waals surface area contributed by atoms with Crippen LogP contribution >= 0.6 is 15.9 Å². The minimum atomic E-state index is 0.175. The largest absolute Gasteiger partial charge is 0.492 e. The molecule has 19 heavy (non-hydrogen) atoms. The zero-order valence-electron chi connectivity index (χ0n) is 12.1. The molecule has 1 aromatic carbocycles. The van der Waals surface area contributed by atoms with E-state index in [1.54, 1.807) is 0 Å². The third-order valence-electron chi connectivity index (χ3n) is 3.67. The number of halogens is 1. The molecule has 1 aliphatic rings. The highest BCUT2D eigenvalue weighted by Crippen LogP contribution is 2.31. The van der Waals surface area contributed by atoms with Gasteiger partial charge in [-0.05, 0) is 58.4 Å². The van der Waals surface area contributed by atoms with Gasteiger partial charge in [0.1, 0.15) is 5.75 Å². The maximum absolute atomic E-state index is 5.96. The molecule has 106 valence electrons. The number of benzene rings is 1. The van der Waals surface area contributed by atoms with Crippen molar-refractivity contribution in [3.05, 3.63) is 28.2 Å². The van der Waals surface area contributed by atoms with Crippen LogP contribution in [0.15, 0.2) is 22.7 Å². The van der Waals surface area contributed by atoms with E-state index in [0.29, 0.717) is 5.92 Å². The summed E-state index contributed by atoms with van der Waals surface area (Å²) in [5.74, 6) is 1.60. The summed E-state index contributed by atoms with van der Waals surface area (Å²) < 4.78 is 7.02. The molecular formula is C16H24BrNO. The summed E-state index contributed by atoms with van der Waals surface area (Å²) in [6.07, 6.45) is 2.53. The molecule has 1 aromatic rings. The predicted octanol–water partition coefficient (Wildman–Crippen LogP) is 4.13. The van der Waals surface area contributed by atoms with Crippen molar-refractivity contribution >= 4 is 15.9 Å². The van der Waals surface area contributed by atoms with Crippen LogP contribution in [0, 0.1) is 5.92 Å².